The summed E-state index contributed by atoms with van der Waals surface area (Å²) in [5, 5.41) is 11.9. The fraction of sp³-hybridized carbons (Fsp3) is 0.419. The molecule has 2 aliphatic rings. The molecule has 208 valence electrons. The van der Waals surface area contributed by atoms with Gasteiger partial charge in [0.05, 0.1) is 30.8 Å². The van der Waals surface area contributed by atoms with Crippen molar-refractivity contribution in [3.63, 3.8) is 0 Å². The number of hydrogen-bond acceptors (Lipinski definition) is 8. The molecule has 1 saturated heterocycles. The topological polar surface area (TPSA) is 88.8 Å². The number of hydrogen-bond donors (Lipinski definition) is 0. The van der Waals surface area contributed by atoms with Crippen LogP contribution in [0.1, 0.15) is 23.2 Å². The van der Waals surface area contributed by atoms with Crippen LogP contribution < -0.4 is 14.5 Å². The molecule has 0 aliphatic carbocycles. The molecule has 0 saturated carbocycles. The number of amides is 1. The fourth-order valence-electron chi connectivity index (χ4n) is 5.67. The third-order valence-electron chi connectivity index (χ3n) is 7.68. The van der Waals surface area contributed by atoms with Crippen molar-refractivity contribution >= 4 is 28.2 Å². The highest BCUT2D eigenvalue weighted by Gasteiger charge is 2.33. The van der Waals surface area contributed by atoms with E-state index < -0.39 is 0 Å². The second kappa shape index (κ2) is 11.9. The van der Waals surface area contributed by atoms with Crippen molar-refractivity contribution < 1.29 is 9.53 Å². The smallest absolute Gasteiger partial charge is 0.318 e. The van der Waals surface area contributed by atoms with Crippen LogP contribution in [0.4, 0.5) is 11.5 Å². The third kappa shape index (κ3) is 5.73. The van der Waals surface area contributed by atoms with Gasteiger partial charge in [0.2, 0.25) is 5.91 Å². The lowest BCUT2D eigenvalue weighted by Gasteiger charge is -2.42. The van der Waals surface area contributed by atoms with E-state index in [2.05, 4.69) is 70.7 Å². The standard InChI is InChI=1S/C31H37N7O2/c1-5-29(39)38-15-14-37(20-24(38)10-12-32)30-26-11-13-36(21-27(26)33-31(34-30)40-17-16-35(3)4)28-19-22(2)18-23-8-6-7-9-25(23)28/h5-9,18-19,24H,1,10-11,13-17,20-21H2,2-4H3/t24-/m0/s1. The van der Waals surface area contributed by atoms with Crippen LogP contribution >= 0.6 is 0 Å². The maximum Gasteiger partial charge on any atom is 0.318 e. The Kier molecular flexibility index (Phi) is 8.17. The Morgan fingerprint density at radius 2 is 2.02 bits per heavy atom. The van der Waals surface area contributed by atoms with Gasteiger partial charge in [0.15, 0.2) is 0 Å². The van der Waals surface area contributed by atoms with Crippen LogP contribution in [0, 0.1) is 18.3 Å². The van der Waals surface area contributed by atoms with Crippen molar-refractivity contribution in [2.45, 2.75) is 32.4 Å². The number of ether oxygens (including phenoxy) is 1. The average Bonchev–Trinajstić information content (AvgIpc) is 2.95. The Morgan fingerprint density at radius 1 is 1.20 bits per heavy atom. The highest BCUT2D eigenvalue weighted by atomic mass is 16.5. The van der Waals surface area contributed by atoms with E-state index in [0.717, 1.165) is 36.6 Å². The zero-order valence-corrected chi connectivity index (χ0v) is 23.6. The second-order valence-electron chi connectivity index (χ2n) is 10.8. The monoisotopic (exact) mass is 539 g/mol. The maximum atomic E-state index is 12.5. The van der Waals surface area contributed by atoms with Crippen molar-refractivity contribution in [1.82, 2.24) is 19.8 Å². The van der Waals surface area contributed by atoms with Crippen LogP contribution in [0.25, 0.3) is 10.8 Å². The molecule has 1 aromatic heterocycles. The molecule has 5 rings (SSSR count). The molecule has 2 aromatic carbocycles. The van der Waals surface area contributed by atoms with Gasteiger partial charge in [0.25, 0.3) is 0 Å². The molecule has 3 heterocycles. The molecule has 1 atom stereocenters. The fourth-order valence-corrected chi connectivity index (χ4v) is 5.67. The predicted molar refractivity (Wildman–Crippen MR) is 158 cm³/mol. The van der Waals surface area contributed by atoms with Crippen LogP contribution in [-0.4, -0.2) is 85.1 Å². The number of anilines is 2. The summed E-state index contributed by atoms with van der Waals surface area (Å²) in [6.45, 7) is 10.2. The lowest BCUT2D eigenvalue weighted by atomic mass is 10.00. The lowest BCUT2D eigenvalue weighted by molar-refractivity contribution is -0.128. The van der Waals surface area contributed by atoms with E-state index >= 15 is 0 Å². The molecule has 0 spiro atoms. The zero-order chi connectivity index (χ0) is 28.2. The SMILES string of the molecule is C=CC(=O)N1CCN(c2nc(OCCN(C)C)nc3c2CCN(c2cc(C)cc4ccccc24)C3)C[C@@H]1CC#N. The van der Waals surface area contributed by atoms with E-state index in [-0.39, 0.29) is 18.4 Å². The highest BCUT2D eigenvalue weighted by molar-refractivity contribution is 5.95. The molecule has 9 nitrogen and oxygen atoms in total. The summed E-state index contributed by atoms with van der Waals surface area (Å²) >= 11 is 0. The van der Waals surface area contributed by atoms with Gasteiger partial charge in [-0.05, 0) is 50.5 Å². The van der Waals surface area contributed by atoms with Gasteiger partial charge < -0.3 is 24.3 Å². The molecular formula is C31H37N7O2. The summed E-state index contributed by atoms with van der Waals surface area (Å²) in [5.74, 6) is 0.714. The molecule has 9 heteroatoms. The van der Waals surface area contributed by atoms with Gasteiger partial charge in [-0.25, -0.2) is 0 Å². The number of carbonyl (C=O) groups is 1. The van der Waals surface area contributed by atoms with E-state index in [1.54, 1.807) is 4.90 Å². The number of benzene rings is 2. The normalized spacial score (nSPS) is 17.1. The first-order valence-corrected chi connectivity index (χ1v) is 13.8. The molecule has 2 aliphatic heterocycles. The van der Waals surface area contributed by atoms with Gasteiger partial charge in [-0.3, -0.25) is 4.79 Å². The van der Waals surface area contributed by atoms with Crippen LogP contribution in [0.5, 0.6) is 6.01 Å². The number of likely N-dealkylation sites (N-methyl/N-ethyl adjacent to an activating group) is 1. The van der Waals surface area contributed by atoms with Gasteiger partial charge in [0, 0.05) is 49.4 Å². The van der Waals surface area contributed by atoms with Crippen molar-refractivity contribution in [2.24, 2.45) is 0 Å². The summed E-state index contributed by atoms with van der Waals surface area (Å²) in [4.78, 5) is 30.7. The minimum Gasteiger partial charge on any atom is -0.462 e. The second-order valence-corrected chi connectivity index (χ2v) is 10.8. The first kappa shape index (κ1) is 27.4. The van der Waals surface area contributed by atoms with Crippen molar-refractivity contribution in [1.29, 1.82) is 5.26 Å². The Labute approximate surface area is 236 Å². The van der Waals surface area contributed by atoms with Gasteiger partial charge in [-0.1, -0.05) is 36.9 Å². The van der Waals surface area contributed by atoms with Gasteiger partial charge in [0.1, 0.15) is 12.4 Å². The molecular weight excluding hydrogens is 502 g/mol. The summed E-state index contributed by atoms with van der Waals surface area (Å²) in [6.07, 6.45) is 2.37. The van der Waals surface area contributed by atoms with E-state index in [4.69, 9.17) is 14.7 Å². The molecule has 0 bridgehead atoms. The van der Waals surface area contributed by atoms with Gasteiger partial charge in [-0.2, -0.15) is 15.2 Å². The minimum atomic E-state index is -0.230. The van der Waals surface area contributed by atoms with E-state index in [1.165, 1.54) is 28.1 Å². The van der Waals surface area contributed by atoms with Crippen molar-refractivity contribution in [2.75, 3.05) is 63.2 Å². The number of aromatic nitrogens is 2. The van der Waals surface area contributed by atoms with Gasteiger partial charge >= 0.3 is 6.01 Å². The molecule has 1 amide bonds. The van der Waals surface area contributed by atoms with Crippen molar-refractivity contribution in [3.05, 3.63) is 65.9 Å². The van der Waals surface area contributed by atoms with Gasteiger partial charge in [-0.15, -0.1) is 0 Å². The number of fused-ring (bicyclic) bond motifs is 2. The van der Waals surface area contributed by atoms with Crippen LogP contribution in [0.2, 0.25) is 0 Å². The van der Waals surface area contributed by atoms with Crippen LogP contribution in [0.15, 0.2) is 49.1 Å². The van der Waals surface area contributed by atoms with Crippen LogP contribution in [-0.2, 0) is 17.8 Å². The minimum absolute atomic E-state index is 0.140. The van der Waals surface area contributed by atoms with Crippen molar-refractivity contribution in [3.8, 4) is 12.1 Å². The Hall–Kier alpha value is -4.16. The highest BCUT2D eigenvalue weighted by Crippen LogP contribution is 2.35. The summed E-state index contributed by atoms with van der Waals surface area (Å²) < 4.78 is 6.06. The molecule has 0 radical (unpaired) electrons. The van der Waals surface area contributed by atoms with Crippen LogP contribution in [0.3, 0.4) is 0 Å². The Morgan fingerprint density at radius 3 is 2.80 bits per heavy atom. The molecule has 0 unspecified atom stereocenters. The number of nitriles is 1. The number of piperazine rings is 1. The van der Waals surface area contributed by atoms with E-state index in [1.807, 2.05) is 14.1 Å². The Bertz CT molecular complexity index is 1450. The first-order valence-electron chi connectivity index (χ1n) is 13.8. The number of nitrogens with zero attached hydrogens (tertiary/aromatic N) is 7. The summed E-state index contributed by atoms with van der Waals surface area (Å²) in [5.41, 5.74) is 4.52. The summed E-state index contributed by atoms with van der Waals surface area (Å²) in [7, 11) is 4.01. The largest absolute Gasteiger partial charge is 0.462 e. The predicted octanol–water partition coefficient (Wildman–Crippen LogP) is 3.56. The van der Waals surface area contributed by atoms with E-state index in [0.29, 0.717) is 38.8 Å². The third-order valence-corrected chi connectivity index (χ3v) is 7.68. The quantitative estimate of drug-likeness (QED) is 0.402. The Balaban J connectivity index is 1.49. The lowest BCUT2D eigenvalue weighted by Crippen LogP contribution is -2.55. The average molecular weight is 540 g/mol. The van der Waals surface area contributed by atoms with E-state index in [9.17, 15) is 10.1 Å². The molecule has 3 aromatic rings. The molecule has 40 heavy (non-hydrogen) atoms. The first-order chi connectivity index (χ1) is 19.4. The summed E-state index contributed by atoms with van der Waals surface area (Å²) in [6, 6.07) is 15.4. The number of rotatable bonds is 8. The zero-order valence-electron chi connectivity index (χ0n) is 23.6. The number of carbonyl (C=O) groups excluding carboxylic acids is 1. The number of aryl methyl sites for hydroxylation is 1. The molecule has 0 N–H and O–H groups in total. The molecule has 1 fully saturated rings. The maximum absolute atomic E-state index is 12.5.